The summed E-state index contributed by atoms with van der Waals surface area (Å²) in [6, 6.07) is 8.68. The summed E-state index contributed by atoms with van der Waals surface area (Å²) in [7, 11) is 3.87. The first kappa shape index (κ1) is 15.9. The molecule has 1 unspecified atom stereocenters. The molecule has 2 rings (SSSR count). The fourth-order valence-electron chi connectivity index (χ4n) is 2.63. The topological polar surface area (TPSA) is 24.5 Å². The minimum atomic E-state index is 0.256. The Morgan fingerprint density at radius 1 is 1.33 bits per heavy atom. The van der Waals surface area contributed by atoms with Crippen LogP contribution < -0.4 is 15.0 Å². The second kappa shape index (κ2) is 7.48. The van der Waals surface area contributed by atoms with E-state index < -0.39 is 0 Å². The molecular formula is C17H24N2OS. The third-order valence-electron chi connectivity index (χ3n) is 3.62. The Labute approximate surface area is 131 Å². The number of ether oxygens (including phenoxy) is 1. The predicted molar refractivity (Wildman–Crippen MR) is 91.5 cm³/mol. The van der Waals surface area contributed by atoms with Crippen LogP contribution in [0.25, 0.3) is 0 Å². The lowest BCUT2D eigenvalue weighted by molar-refractivity contribution is 0.402. The van der Waals surface area contributed by atoms with Gasteiger partial charge in [-0.15, -0.1) is 0 Å². The number of thiophene rings is 1. The van der Waals surface area contributed by atoms with E-state index in [1.807, 2.05) is 6.07 Å². The molecule has 1 aromatic heterocycles. The van der Waals surface area contributed by atoms with E-state index in [9.17, 15) is 0 Å². The summed E-state index contributed by atoms with van der Waals surface area (Å²) in [5.41, 5.74) is 3.78. The van der Waals surface area contributed by atoms with Crippen molar-refractivity contribution in [3.05, 3.63) is 46.2 Å². The van der Waals surface area contributed by atoms with Gasteiger partial charge in [0.2, 0.25) is 0 Å². The quantitative estimate of drug-likeness (QED) is 0.834. The van der Waals surface area contributed by atoms with Gasteiger partial charge < -0.3 is 15.0 Å². The average molecular weight is 304 g/mol. The molecule has 0 aliphatic heterocycles. The Balaban J connectivity index is 2.32. The first-order chi connectivity index (χ1) is 10.2. The van der Waals surface area contributed by atoms with Gasteiger partial charge in [0.15, 0.2) is 0 Å². The Morgan fingerprint density at radius 3 is 2.76 bits per heavy atom. The standard InChI is InChI=1S/C17H24N2OS/c1-5-18-13(2)17-15(7-6-8-16(17)20-4)19(3)11-14-9-10-21-12-14/h6-10,12-13,18H,5,11H2,1-4H3. The molecule has 1 atom stereocenters. The van der Waals surface area contributed by atoms with E-state index in [4.69, 9.17) is 4.74 Å². The molecule has 0 aliphatic carbocycles. The number of anilines is 1. The summed E-state index contributed by atoms with van der Waals surface area (Å²) in [4.78, 5) is 2.29. The molecule has 0 fully saturated rings. The fourth-order valence-corrected chi connectivity index (χ4v) is 3.29. The Hall–Kier alpha value is -1.52. The minimum absolute atomic E-state index is 0.256. The van der Waals surface area contributed by atoms with Crippen LogP contribution in [0.2, 0.25) is 0 Å². The largest absolute Gasteiger partial charge is 0.496 e. The van der Waals surface area contributed by atoms with E-state index in [-0.39, 0.29) is 6.04 Å². The van der Waals surface area contributed by atoms with Crippen LogP contribution in [0.3, 0.4) is 0 Å². The van der Waals surface area contributed by atoms with Gasteiger partial charge in [-0.05, 0) is 48.0 Å². The number of hydrogen-bond donors (Lipinski definition) is 1. The molecule has 0 saturated carbocycles. The molecule has 4 heteroatoms. The Morgan fingerprint density at radius 2 is 2.14 bits per heavy atom. The lowest BCUT2D eigenvalue weighted by atomic mass is 10.0. The number of rotatable bonds is 7. The van der Waals surface area contributed by atoms with E-state index in [0.29, 0.717) is 0 Å². The molecule has 0 amide bonds. The minimum Gasteiger partial charge on any atom is -0.496 e. The van der Waals surface area contributed by atoms with Crippen molar-refractivity contribution in [1.29, 1.82) is 0 Å². The van der Waals surface area contributed by atoms with E-state index >= 15 is 0 Å². The zero-order valence-electron chi connectivity index (χ0n) is 13.2. The second-order valence-electron chi connectivity index (χ2n) is 5.16. The van der Waals surface area contributed by atoms with Crippen molar-refractivity contribution in [3.8, 4) is 5.75 Å². The zero-order valence-corrected chi connectivity index (χ0v) is 14.0. The maximum atomic E-state index is 5.57. The van der Waals surface area contributed by atoms with Gasteiger partial charge >= 0.3 is 0 Å². The molecule has 1 aromatic carbocycles. The van der Waals surface area contributed by atoms with E-state index in [1.165, 1.54) is 16.8 Å². The molecule has 1 heterocycles. The maximum Gasteiger partial charge on any atom is 0.125 e. The van der Waals surface area contributed by atoms with E-state index in [0.717, 1.165) is 18.8 Å². The molecule has 1 N–H and O–H groups in total. The lowest BCUT2D eigenvalue weighted by Crippen LogP contribution is -2.23. The average Bonchev–Trinajstić information content (AvgIpc) is 2.99. The van der Waals surface area contributed by atoms with E-state index in [2.05, 4.69) is 60.1 Å². The number of benzene rings is 1. The van der Waals surface area contributed by atoms with E-state index in [1.54, 1.807) is 18.4 Å². The monoisotopic (exact) mass is 304 g/mol. The van der Waals surface area contributed by atoms with Gasteiger partial charge in [-0.2, -0.15) is 11.3 Å². The van der Waals surface area contributed by atoms with Gasteiger partial charge in [-0.3, -0.25) is 0 Å². The fraction of sp³-hybridized carbons (Fsp3) is 0.412. The van der Waals surface area contributed by atoms with Crippen LogP contribution in [0.15, 0.2) is 35.0 Å². The molecule has 21 heavy (non-hydrogen) atoms. The first-order valence-electron chi connectivity index (χ1n) is 7.29. The summed E-state index contributed by atoms with van der Waals surface area (Å²) in [5, 5.41) is 7.81. The second-order valence-corrected chi connectivity index (χ2v) is 5.94. The van der Waals surface area contributed by atoms with Gasteiger partial charge in [0.25, 0.3) is 0 Å². The predicted octanol–water partition coefficient (Wildman–Crippen LogP) is 4.06. The van der Waals surface area contributed by atoms with Crippen LogP contribution >= 0.6 is 11.3 Å². The maximum absolute atomic E-state index is 5.57. The van der Waals surface area contributed by atoms with Crippen molar-refractivity contribution >= 4 is 17.0 Å². The molecule has 0 aliphatic rings. The van der Waals surface area contributed by atoms with Crippen molar-refractivity contribution in [3.63, 3.8) is 0 Å². The van der Waals surface area contributed by atoms with Crippen LogP contribution in [-0.4, -0.2) is 20.7 Å². The van der Waals surface area contributed by atoms with Gasteiger partial charge in [-0.1, -0.05) is 13.0 Å². The van der Waals surface area contributed by atoms with Crippen molar-refractivity contribution in [2.24, 2.45) is 0 Å². The molecule has 0 spiro atoms. The summed E-state index contributed by atoms with van der Waals surface area (Å²) >= 11 is 1.74. The summed E-state index contributed by atoms with van der Waals surface area (Å²) in [5.74, 6) is 0.943. The zero-order chi connectivity index (χ0) is 15.2. The van der Waals surface area contributed by atoms with Crippen molar-refractivity contribution in [2.45, 2.75) is 26.4 Å². The highest BCUT2D eigenvalue weighted by Gasteiger charge is 2.18. The van der Waals surface area contributed by atoms with Crippen LogP contribution in [0.4, 0.5) is 5.69 Å². The highest BCUT2D eigenvalue weighted by atomic mass is 32.1. The van der Waals surface area contributed by atoms with Gasteiger partial charge in [-0.25, -0.2) is 0 Å². The Kier molecular flexibility index (Phi) is 5.65. The SMILES string of the molecule is CCNC(C)c1c(OC)cccc1N(C)Cc1ccsc1. The third kappa shape index (κ3) is 3.77. The van der Waals surface area contributed by atoms with Gasteiger partial charge in [0, 0.05) is 30.9 Å². The van der Waals surface area contributed by atoms with Crippen molar-refractivity contribution in [1.82, 2.24) is 5.32 Å². The summed E-state index contributed by atoms with van der Waals surface area (Å²) < 4.78 is 5.57. The normalized spacial score (nSPS) is 12.2. The molecule has 114 valence electrons. The number of hydrogen-bond acceptors (Lipinski definition) is 4. The summed E-state index contributed by atoms with van der Waals surface area (Å²) in [6.07, 6.45) is 0. The third-order valence-corrected chi connectivity index (χ3v) is 4.35. The molecule has 0 saturated heterocycles. The van der Waals surface area contributed by atoms with Gasteiger partial charge in [0.05, 0.1) is 7.11 Å². The van der Waals surface area contributed by atoms with Crippen molar-refractivity contribution in [2.75, 3.05) is 25.6 Å². The first-order valence-corrected chi connectivity index (χ1v) is 8.24. The van der Waals surface area contributed by atoms with Crippen LogP contribution in [0, 0.1) is 0 Å². The molecule has 0 bridgehead atoms. The van der Waals surface area contributed by atoms with Gasteiger partial charge in [0.1, 0.15) is 5.75 Å². The highest BCUT2D eigenvalue weighted by Crippen LogP contribution is 2.34. The lowest BCUT2D eigenvalue weighted by Gasteiger charge is -2.27. The number of nitrogens with zero attached hydrogens (tertiary/aromatic N) is 1. The summed E-state index contributed by atoms with van der Waals surface area (Å²) in [6.45, 7) is 6.15. The van der Waals surface area contributed by atoms with Crippen LogP contribution in [-0.2, 0) is 6.54 Å². The smallest absolute Gasteiger partial charge is 0.125 e. The number of methoxy groups -OCH3 is 1. The number of nitrogens with one attached hydrogen (secondary N) is 1. The van der Waals surface area contributed by atoms with Crippen molar-refractivity contribution < 1.29 is 4.74 Å². The van der Waals surface area contributed by atoms with Crippen LogP contribution in [0.5, 0.6) is 5.75 Å². The molecular weight excluding hydrogens is 280 g/mol. The Bertz CT molecular complexity index is 554. The molecule has 2 aromatic rings. The molecule has 0 radical (unpaired) electrons. The van der Waals surface area contributed by atoms with Crippen LogP contribution in [0.1, 0.15) is 31.0 Å². The molecule has 3 nitrogen and oxygen atoms in total. The highest BCUT2D eigenvalue weighted by molar-refractivity contribution is 7.07.